The van der Waals surface area contributed by atoms with E-state index in [0.717, 1.165) is 42.5 Å². The van der Waals surface area contributed by atoms with Gasteiger partial charge in [-0.1, -0.05) is 31.4 Å². The first-order chi connectivity index (χ1) is 8.77. The van der Waals surface area contributed by atoms with Gasteiger partial charge in [0.25, 0.3) is 0 Å². The number of imidazole rings is 1. The van der Waals surface area contributed by atoms with Crippen molar-refractivity contribution in [3.05, 3.63) is 30.1 Å². The average Bonchev–Trinajstić information content (AvgIpc) is 2.78. The molecule has 1 heterocycles. The number of nitrogens with zero attached hydrogens (tertiary/aromatic N) is 3. The van der Waals surface area contributed by atoms with Crippen LogP contribution < -0.4 is 0 Å². The molecule has 3 heteroatoms. The van der Waals surface area contributed by atoms with Gasteiger partial charge in [-0.2, -0.15) is 5.26 Å². The Morgan fingerprint density at radius 3 is 2.61 bits per heavy atom. The molecule has 0 aliphatic heterocycles. The van der Waals surface area contributed by atoms with Crippen LogP contribution in [0.15, 0.2) is 24.3 Å². The van der Waals surface area contributed by atoms with E-state index in [1.54, 1.807) is 0 Å². The van der Waals surface area contributed by atoms with Crippen LogP contribution in [0.25, 0.3) is 11.0 Å². The second-order valence-corrected chi connectivity index (χ2v) is 5.24. The summed E-state index contributed by atoms with van der Waals surface area (Å²) in [5, 5.41) is 9.64. The van der Waals surface area contributed by atoms with E-state index in [1.165, 1.54) is 6.42 Å². The lowest BCUT2D eigenvalue weighted by Gasteiger charge is -2.29. The largest absolute Gasteiger partial charge is 0.330 e. The normalized spacial score (nSPS) is 18.7. The van der Waals surface area contributed by atoms with Crippen molar-refractivity contribution in [3.8, 4) is 6.07 Å². The third kappa shape index (κ3) is 1.53. The highest BCUT2D eigenvalue weighted by atomic mass is 15.1. The van der Waals surface area contributed by atoms with Gasteiger partial charge in [-0.15, -0.1) is 0 Å². The number of hydrogen-bond donors (Lipinski definition) is 0. The first kappa shape index (κ1) is 11.3. The van der Waals surface area contributed by atoms with Crippen LogP contribution in [0.1, 0.15) is 37.9 Å². The summed E-state index contributed by atoms with van der Waals surface area (Å²) in [6.45, 7) is 0. The highest BCUT2D eigenvalue weighted by molar-refractivity contribution is 5.76. The van der Waals surface area contributed by atoms with Crippen molar-refractivity contribution in [2.24, 2.45) is 7.05 Å². The summed E-state index contributed by atoms with van der Waals surface area (Å²) in [5.41, 5.74) is 1.74. The van der Waals surface area contributed by atoms with Crippen LogP contribution in [0.2, 0.25) is 0 Å². The Balaban J connectivity index is 2.18. The van der Waals surface area contributed by atoms with Crippen LogP contribution in [-0.4, -0.2) is 9.55 Å². The lowest BCUT2D eigenvalue weighted by molar-refractivity contribution is 0.345. The van der Waals surface area contributed by atoms with Crippen molar-refractivity contribution in [2.75, 3.05) is 0 Å². The van der Waals surface area contributed by atoms with E-state index in [1.807, 2.05) is 25.2 Å². The minimum absolute atomic E-state index is 0.369. The van der Waals surface area contributed by atoms with E-state index < -0.39 is 0 Å². The van der Waals surface area contributed by atoms with Crippen LogP contribution in [0.5, 0.6) is 0 Å². The third-order valence-corrected chi connectivity index (χ3v) is 4.14. The predicted octanol–water partition coefficient (Wildman–Crippen LogP) is 3.30. The molecule has 3 rings (SSSR count). The molecule has 18 heavy (non-hydrogen) atoms. The molecule has 2 aromatic rings. The van der Waals surface area contributed by atoms with Gasteiger partial charge in [0, 0.05) is 7.05 Å². The summed E-state index contributed by atoms with van der Waals surface area (Å²) < 4.78 is 2.10. The molecule has 0 saturated heterocycles. The number of nitriles is 1. The summed E-state index contributed by atoms with van der Waals surface area (Å²) in [5.74, 6) is 0.950. The highest BCUT2D eigenvalue weighted by Crippen LogP contribution is 2.39. The van der Waals surface area contributed by atoms with Crippen molar-refractivity contribution in [1.82, 2.24) is 9.55 Å². The molecule has 1 saturated carbocycles. The van der Waals surface area contributed by atoms with Gasteiger partial charge in [-0.25, -0.2) is 4.98 Å². The second kappa shape index (κ2) is 4.13. The van der Waals surface area contributed by atoms with E-state index in [0.29, 0.717) is 0 Å². The standard InChI is InChI=1S/C15H17N3/c1-18-13-8-4-3-7-12(13)17-14(18)15(11-16)9-5-2-6-10-15/h3-4,7-8H,2,5-6,9-10H2,1H3. The van der Waals surface area contributed by atoms with Crippen LogP contribution in [0.4, 0.5) is 0 Å². The van der Waals surface area contributed by atoms with Crippen LogP contribution >= 0.6 is 0 Å². The monoisotopic (exact) mass is 239 g/mol. The van der Waals surface area contributed by atoms with Gasteiger partial charge in [0.15, 0.2) is 0 Å². The molecule has 0 atom stereocenters. The Morgan fingerprint density at radius 2 is 1.94 bits per heavy atom. The lowest BCUT2D eigenvalue weighted by Crippen LogP contribution is -2.30. The Hall–Kier alpha value is -1.82. The van der Waals surface area contributed by atoms with Crippen molar-refractivity contribution >= 4 is 11.0 Å². The Labute approximate surface area is 107 Å². The molecule has 0 radical (unpaired) electrons. The molecule has 0 spiro atoms. The minimum atomic E-state index is -0.369. The maximum Gasteiger partial charge on any atom is 0.130 e. The zero-order valence-corrected chi connectivity index (χ0v) is 10.7. The zero-order valence-electron chi connectivity index (χ0n) is 10.7. The summed E-state index contributed by atoms with van der Waals surface area (Å²) in [6, 6.07) is 10.7. The average molecular weight is 239 g/mol. The zero-order chi connectivity index (χ0) is 12.6. The number of para-hydroxylation sites is 2. The van der Waals surface area contributed by atoms with E-state index in [2.05, 4.69) is 16.7 Å². The molecule has 0 unspecified atom stereocenters. The van der Waals surface area contributed by atoms with Gasteiger partial charge in [-0.3, -0.25) is 0 Å². The SMILES string of the molecule is Cn1c(C2(C#N)CCCCC2)nc2ccccc21. The third-order valence-electron chi connectivity index (χ3n) is 4.14. The number of rotatable bonds is 1. The van der Waals surface area contributed by atoms with Crippen molar-refractivity contribution in [1.29, 1.82) is 5.26 Å². The fourth-order valence-corrected chi connectivity index (χ4v) is 3.11. The fourth-order valence-electron chi connectivity index (χ4n) is 3.11. The molecule has 1 aliphatic rings. The van der Waals surface area contributed by atoms with E-state index in [9.17, 15) is 5.26 Å². The summed E-state index contributed by atoms with van der Waals surface area (Å²) in [4.78, 5) is 4.72. The van der Waals surface area contributed by atoms with Crippen LogP contribution in [-0.2, 0) is 12.5 Å². The fraction of sp³-hybridized carbons (Fsp3) is 0.467. The molecule has 0 amide bonds. The topological polar surface area (TPSA) is 41.6 Å². The number of aryl methyl sites for hydroxylation is 1. The molecule has 0 bridgehead atoms. The molecular weight excluding hydrogens is 222 g/mol. The van der Waals surface area contributed by atoms with Crippen molar-refractivity contribution < 1.29 is 0 Å². The van der Waals surface area contributed by atoms with Crippen molar-refractivity contribution in [2.45, 2.75) is 37.5 Å². The smallest absolute Gasteiger partial charge is 0.130 e. The summed E-state index contributed by atoms with van der Waals surface area (Å²) >= 11 is 0. The van der Waals surface area contributed by atoms with Gasteiger partial charge in [0.05, 0.1) is 17.1 Å². The number of hydrogen-bond acceptors (Lipinski definition) is 2. The maximum absolute atomic E-state index is 9.64. The molecule has 92 valence electrons. The minimum Gasteiger partial charge on any atom is -0.330 e. The van der Waals surface area contributed by atoms with E-state index in [4.69, 9.17) is 4.98 Å². The van der Waals surface area contributed by atoms with Gasteiger partial charge in [-0.05, 0) is 25.0 Å². The van der Waals surface area contributed by atoms with Gasteiger partial charge in [0.1, 0.15) is 11.2 Å². The molecule has 1 aromatic heterocycles. The Morgan fingerprint density at radius 1 is 1.22 bits per heavy atom. The Kier molecular flexibility index (Phi) is 2.59. The van der Waals surface area contributed by atoms with E-state index >= 15 is 0 Å². The second-order valence-electron chi connectivity index (χ2n) is 5.24. The molecule has 1 aromatic carbocycles. The summed E-state index contributed by atoms with van der Waals surface area (Å²) in [7, 11) is 2.03. The van der Waals surface area contributed by atoms with E-state index in [-0.39, 0.29) is 5.41 Å². The van der Waals surface area contributed by atoms with Gasteiger partial charge < -0.3 is 4.57 Å². The first-order valence-electron chi connectivity index (χ1n) is 6.60. The van der Waals surface area contributed by atoms with Gasteiger partial charge in [0.2, 0.25) is 0 Å². The number of benzene rings is 1. The van der Waals surface area contributed by atoms with Crippen LogP contribution in [0.3, 0.4) is 0 Å². The van der Waals surface area contributed by atoms with Crippen LogP contribution in [0, 0.1) is 11.3 Å². The summed E-state index contributed by atoms with van der Waals surface area (Å²) in [6.07, 6.45) is 5.40. The molecule has 0 N–H and O–H groups in total. The highest BCUT2D eigenvalue weighted by Gasteiger charge is 2.38. The first-order valence-corrected chi connectivity index (χ1v) is 6.60. The Bertz CT molecular complexity index is 612. The van der Waals surface area contributed by atoms with Crippen molar-refractivity contribution in [3.63, 3.8) is 0 Å². The van der Waals surface area contributed by atoms with Gasteiger partial charge >= 0.3 is 0 Å². The molecule has 1 fully saturated rings. The maximum atomic E-state index is 9.64. The molecule has 1 aliphatic carbocycles. The molecular formula is C15H17N3. The number of aromatic nitrogens is 2. The number of fused-ring (bicyclic) bond motifs is 1. The predicted molar refractivity (Wildman–Crippen MR) is 71.1 cm³/mol. The quantitative estimate of drug-likeness (QED) is 0.766. The molecule has 3 nitrogen and oxygen atoms in total. The lowest BCUT2D eigenvalue weighted by atomic mass is 9.74.